The van der Waals surface area contributed by atoms with E-state index in [-0.39, 0.29) is 18.5 Å². The molecule has 0 aliphatic heterocycles. The van der Waals surface area contributed by atoms with Gasteiger partial charge in [0.1, 0.15) is 6.04 Å². The van der Waals surface area contributed by atoms with E-state index < -0.39 is 11.9 Å². The standard InChI is InChI=1S/C13H26N4O2/c1-16-11(9-6-4-2-3-5-7-9)13(19)17-10(8-14)12(15)18/h9-11,16H,2-8,14H2,1H3,(H2,15,18)(H,17,19). The van der Waals surface area contributed by atoms with E-state index in [0.29, 0.717) is 5.92 Å². The number of nitrogens with one attached hydrogen (secondary N) is 2. The third kappa shape index (κ3) is 4.80. The molecule has 1 saturated carbocycles. The van der Waals surface area contributed by atoms with Gasteiger partial charge < -0.3 is 22.1 Å². The molecule has 0 spiro atoms. The highest BCUT2D eigenvalue weighted by atomic mass is 16.2. The summed E-state index contributed by atoms with van der Waals surface area (Å²) in [6.07, 6.45) is 6.88. The Morgan fingerprint density at radius 3 is 2.21 bits per heavy atom. The summed E-state index contributed by atoms with van der Waals surface area (Å²) >= 11 is 0. The van der Waals surface area contributed by atoms with Crippen LogP contribution in [-0.4, -0.2) is 37.5 Å². The molecule has 0 heterocycles. The minimum Gasteiger partial charge on any atom is -0.368 e. The Kier molecular flexibility index (Phi) is 6.80. The van der Waals surface area contributed by atoms with Gasteiger partial charge in [-0.25, -0.2) is 0 Å². The predicted octanol–water partition coefficient (Wildman–Crippen LogP) is -0.526. The van der Waals surface area contributed by atoms with Crippen LogP contribution in [0.15, 0.2) is 0 Å². The van der Waals surface area contributed by atoms with Gasteiger partial charge in [0.15, 0.2) is 0 Å². The van der Waals surface area contributed by atoms with Gasteiger partial charge >= 0.3 is 0 Å². The van der Waals surface area contributed by atoms with Gasteiger partial charge in [0.25, 0.3) is 0 Å². The third-order valence-electron chi connectivity index (χ3n) is 3.86. The summed E-state index contributed by atoms with van der Waals surface area (Å²) in [5.74, 6) is -0.450. The molecule has 6 N–H and O–H groups in total. The van der Waals surface area contributed by atoms with E-state index in [2.05, 4.69) is 10.6 Å². The zero-order valence-electron chi connectivity index (χ0n) is 11.7. The van der Waals surface area contributed by atoms with Crippen molar-refractivity contribution in [2.24, 2.45) is 17.4 Å². The summed E-state index contributed by atoms with van der Waals surface area (Å²) in [6, 6.07) is -1.05. The lowest BCUT2D eigenvalue weighted by Crippen LogP contribution is -2.55. The molecule has 0 bridgehead atoms. The van der Waals surface area contributed by atoms with Gasteiger partial charge in [0.05, 0.1) is 6.04 Å². The largest absolute Gasteiger partial charge is 0.368 e. The van der Waals surface area contributed by atoms with Crippen LogP contribution < -0.4 is 22.1 Å². The van der Waals surface area contributed by atoms with E-state index in [0.717, 1.165) is 25.7 Å². The third-order valence-corrected chi connectivity index (χ3v) is 3.86. The van der Waals surface area contributed by atoms with Crippen LogP contribution >= 0.6 is 0 Å². The maximum absolute atomic E-state index is 12.2. The monoisotopic (exact) mass is 270 g/mol. The highest BCUT2D eigenvalue weighted by Crippen LogP contribution is 2.25. The van der Waals surface area contributed by atoms with E-state index in [1.807, 2.05) is 0 Å². The van der Waals surface area contributed by atoms with E-state index in [1.54, 1.807) is 7.05 Å². The molecule has 0 aromatic carbocycles. The summed E-state index contributed by atoms with van der Waals surface area (Å²) < 4.78 is 0. The van der Waals surface area contributed by atoms with Crippen molar-refractivity contribution in [1.29, 1.82) is 0 Å². The van der Waals surface area contributed by atoms with E-state index in [4.69, 9.17) is 11.5 Å². The smallest absolute Gasteiger partial charge is 0.241 e. The van der Waals surface area contributed by atoms with Crippen molar-refractivity contribution in [2.75, 3.05) is 13.6 Å². The fourth-order valence-electron chi connectivity index (χ4n) is 2.73. The molecule has 1 fully saturated rings. The molecule has 19 heavy (non-hydrogen) atoms. The molecule has 0 saturated heterocycles. The number of likely N-dealkylation sites (N-methyl/N-ethyl adjacent to an activating group) is 1. The highest BCUT2D eigenvalue weighted by Gasteiger charge is 2.29. The van der Waals surface area contributed by atoms with Gasteiger partial charge in [0, 0.05) is 6.54 Å². The van der Waals surface area contributed by atoms with Crippen LogP contribution in [0.3, 0.4) is 0 Å². The molecule has 6 nitrogen and oxygen atoms in total. The summed E-state index contributed by atoms with van der Waals surface area (Å²) in [4.78, 5) is 23.3. The lowest BCUT2D eigenvalue weighted by atomic mass is 9.91. The Morgan fingerprint density at radius 2 is 1.79 bits per heavy atom. The van der Waals surface area contributed by atoms with Crippen molar-refractivity contribution in [3.8, 4) is 0 Å². The molecule has 2 unspecified atom stereocenters. The molecule has 1 aliphatic carbocycles. The number of hydrogen-bond donors (Lipinski definition) is 4. The average molecular weight is 270 g/mol. The van der Waals surface area contributed by atoms with Gasteiger partial charge in [-0.2, -0.15) is 0 Å². The first kappa shape index (κ1) is 15.9. The van der Waals surface area contributed by atoms with E-state index in [1.165, 1.54) is 12.8 Å². The number of hydrogen-bond acceptors (Lipinski definition) is 4. The fourth-order valence-corrected chi connectivity index (χ4v) is 2.73. The van der Waals surface area contributed by atoms with Gasteiger partial charge in [-0.3, -0.25) is 9.59 Å². The molecule has 2 amide bonds. The van der Waals surface area contributed by atoms with E-state index >= 15 is 0 Å². The number of primary amides is 1. The molecule has 110 valence electrons. The fraction of sp³-hybridized carbons (Fsp3) is 0.846. The van der Waals surface area contributed by atoms with Crippen molar-refractivity contribution in [3.63, 3.8) is 0 Å². The molecule has 0 aromatic heterocycles. The number of nitrogens with two attached hydrogens (primary N) is 2. The molecule has 6 heteroatoms. The first-order valence-electron chi connectivity index (χ1n) is 7.07. The minimum atomic E-state index is -0.783. The van der Waals surface area contributed by atoms with Crippen LogP contribution in [0.1, 0.15) is 38.5 Å². The second-order valence-corrected chi connectivity index (χ2v) is 5.22. The molecular formula is C13H26N4O2. The van der Waals surface area contributed by atoms with Gasteiger partial charge in [-0.15, -0.1) is 0 Å². The summed E-state index contributed by atoms with van der Waals surface area (Å²) in [6.45, 7) is 0.0299. The molecule has 2 atom stereocenters. The first-order valence-corrected chi connectivity index (χ1v) is 7.07. The molecule has 0 radical (unpaired) electrons. The first-order chi connectivity index (χ1) is 9.10. The van der Waals surface area contributed by atoms with Gasteiger partial charge in [-0.1, -0.05) is 25.7 Å². The lowest BCUT2D eigenvalue weighted by molar-refractivity contribution is -0.129. The average Bonchev–Trinajstić information content (AvgIpc) is 2.65. The topological polar surface area (TPSA) is 110 Å². The molecule has 1 rings (SSSR count). The number of carbonyl (C=O) groups excluding carboxylic acids is 2. The zero-order valence-corrected chi connectivity index (χ0v) is 11.7. The lowest BCUT2D eigenvalue weighted by Gasteiger charge is -2.26. The maximum Gasteiger partial charge on any atom is 0.241 e. The van der Waals surface area contributed by atoms with Crippen molar-refractivity contribution < 1.29 is 9.59 Å². The second kappa shape index (κ2) is 8.12. The van der Waals surface area contributed by atoms with Crippen molar-refractivity contribution >= 4 is 11.8 Å². The highest BCUT2D eigenvalue weighted by molar-refractivity contribution is 5.89. The van der Waals surface area contributed by atoms with Crippen molar-refractivity contribution in [3.05, 3.63) is 0 Å². The number of carbonyl (C=O) groups is 2. The normalized spacial score (nSPS) is 20.3. The van der Waals surface area contributed by atoms with Crippen LogP contribution in [0.25, 0.3) is 0 Å². The molecule has 1 aliphatic rings. The minimum absolute atomic E-state index is 0.0299. The maximum atomic E-state index is 12.2. The van der Waals surface area contributed by atoms with Gasteiger partial charge in [0.2, 0.25) is 11.8 Å². The van der Waals surface area contributed by atoms with Gasteiger partial charge in [-0.05, 0) is 25.8 Å². The second-order valence-electron chi connectivity index (χ2n) is 5.22. The predicted molar refractivity (Wildman–Crippen MR) is 74.2 cm³/mol. The van der Waals surface area contributed by atoms with Crippen molar-refractivity contribution in [2.45, 2.75) is 50.6 Å². The summed E-state index contributed by atoms with van der Waals surface area (Å²) in [5.41, 5.74) is 10.6. The van der Waals surface area contributed by atoms with Crippen LogP contribution in [0.5, 0.6) is 0 Å². The van der Waals surface area contributed by atoms with Crippen LogP contribution in [0.2, 0.25) is 0 Å². The Balaban J connectivity index is 2.61. The Morgan fingerprint density at radius 1 is 1.21 bits per heavy atom. The number of rotatable bonds is 6. The van der Waals surface area contributed by atoms with E-state index in [9.17, 15) is 9.59 Å². The summed E-state index contributed by atoms with van der Waals surface area (Å²) in [5, 5.41) is 5.70. The SMILES string of the molecule is CNC(C(=O)NC(CN)C(N)=O)C1CCCCCC1. The molecular weight excluding hydrogens is 244 g/mol. The van der Waals surface area contributed by atoms with Crippen LogP contribution in [-0.2, 0) is 9.59 Å². The Bertz CT molecular complexity index is 301. The summed E-state index contributed by atoms with van der Waals surface area (Å²) in [7, 11) is 1.77. The molecule has 0 aromatic rings. The van der Waals surface area contributed by atoms with Crippen molar-refractivity contribution in [1.82, 2.24) is 10.6 Å². The quantitative estimate of drug-likeness (QED) is 0.486. The zero-order chi connectivity index (χ0) is 14.3. The van der Waals surface area contributed by atoms with Crippen LogP contribution in [0, 0.1) is 5.92 Å². The Hall–Kier alpha value is -1.14. The number of amides is 2. The Labute approximate surface area is 114 Å². The van der Waals surface area contributed by atoms with Crippen LogP contribution in [0.4, 0.5) is 0 Å².